The fourth-order valence-corrected chi connectivity index (χ4v) is 5.21. The number of thiazole rings is 1. The number of amides is 1. The van der Waals surface area contributed by atoms with Crippen molar-refractivity contribution in [3.05, 3.63) is 86.2 Å². The highest BCUT2D eigenvalue weighted by atomic mass is 32.1. The molecule has 0 saturated heterocycles. The second kappa shape index (κ2) is 9.66. The number of anilines is 1. The van der Waals surface area contributed by atoms with E-state index in [0.717, 1.165) is 35.3 Å². The Bertz CT molecular complexity index is 1420. The summed E-state index contributed by atoms with van der Waals surface area (Å²) in [5.41, 5.74) is 3.41. The quantitative estimate of drug-likeness (QED) is 0.262. The molecule has 5 rings (SSSR count). The Morgan fingerprint density at radius 2 is 1.83 bits per heavy atom. The number of hydrogen-bond donors (Lipinski definition) is 0. The maximum absolute atomic E-state index is 13.7. The van der Waals surface area contributed by atoms with Crippen molar-refractivity contribution in [2.24, 2.45) is 0 Å². The molecule has 0 bridgehead atoms. The third-order valence-corrected chi connectivity index (χ3v) is 7.35. The lowest BCUT2D eigenvalue weighted by Gasteiger charge is -2.22. The standard InChI is InChI=1S/C28H28N2O4S/c1-4-5-6-7-13-33-20-10-8-19(9-11-20)24-23-25(31)21-15-17(2)18(3)16-22(21)34-26(23)27(32)30(24)28-29-12-14-35-28/h8-12,14-16,24H,4-7,13H2,1-3H3. The maximum atomic E-state index is 13.7. The molecule has 0 fully saturated rings. The second-order valence-electron chi connectivity index (χ2n) is 8.98. The summed E-state index contributed by atoms with van der Waals surface area (Å²) in [6.07, 6.45) is 6.22. The van der Waals surface area contributed by atoms with Crippen molar-refractivity contribution in [3.63, 3.8) is 0 Å². The van der Waals surface area contributed by atoms with Gasteiger partial charge in [0, 0.05) is 11.6 Å². The van der Waals surface area contributed by atoms with Gasteiger partial charge in [0.15, 0.2) is 10.6 Å². The summed E-state index contributed by atoms with van der Waals surface area (Å²) >= 11 is 1.35. The fraction of sp³-hybridized carbons (Fsp3) is 0.321. The van der Waals surface area contributed by atoms with E-state index in [4.69, 9.17) is 9.15 Å². The van der Waals surface area contributed by atoms with Crippen molar-refractivity contribution in [2.75, 3.05) is 11.5 Å². The summed E-state index contributed by atoms with van der Waals surface area (Å²) in [6.45, 7) is 6.78. The molecule has 1 amide bonds. The van der Waals surface area contributed by atoms with Gasteiger partial charge in [-0.3, -0.25) is 14.5 Å². The Labute approximate surface area is 208 Å². The van der Waals surface area contributed by atoms with E-state index in [9.17, 15) is 9.59 Å². The Morgan fingerprint density at radius 3 is 2.54 bits per heavy atom. The summed E-state index contributed by atoms with van der Waals surface area (Å²) in [6, 6.07) is 10.7. The van der Waals surface area contributed by atoms with E-state index in [1.54, 1.807) is 11.1 Å². The molecule has 1 aliphatic rings. The van der Waals surface area contributed by atoms with Gasteiger partial charge >= 0.3 is 0 Å². The van der Waals surface area contributed by atoms with Crippen LogP contribution in [0.3, 0.4) is 0 Å². The topological polar surface area (TPSA) is 72.6 Å². The number of hydrogen-bond acceptors (Lipinski definition) is 6. The molecule has 1 aliphatic heterocycles. The molecule has 6 nitrogen and oxygen atoms in total. The van der Waals surface area contributed by atoms with Crippen LogP contribution in [0.15, 0.2) is 57.2 Å². The summed E-state index contributed by atoms with van der Waals surface area (Å²) in [5, 5.41) is 2.83. The molecule has 1 atom stereocenters. The zero-order valence-electron chi connectivity index (χ0n) is 20.2. The number of rotatable bonds is 8. The third kappa shape index (κ3) is 4.25. The van der Waals surface area contributed by atoms with E-state index < -0.39 is 6.04 Å². The molecular weight excluding hydrogens is 460 g/mol. The van der Waals surface area contributed by atoms with Gasteiger partial charge in [-0.15, -0.1) is 11.3 Å². The van der Waals surface area contributed by atoms with Crippen LogP contribution in [-0.2, 0) is 0 Å². The van der Waals surface area contributed by atoms with Gasteiger partial charge in [-0.1, -0.05) is 38.3 Å². The molecule has 0 aliphatic carbocycles. The normalized spacial score (nSPS) is 15.1. The Balaban J connectivity index is 1.56. The lowest BCUT2D eigenvalue weighted by atomic mass is 9.97. The first-order valence-corrected chi connectivity index (χ1v) is 12.9. The van der Waals surface area contributed by atoms with Crippen LogP contribution in [0.25, 0.3) is 11.0 Å². The molecule has 3 heterocycles. The smallest absolute Gasteiger partial charge is 0.297 e. The van der Waals surface area contributed by atoms with Crippen LogP contribution in [0.2, 0.25) is 0 Å². The molecular formula is C28H28N2O4S. The van der Waals surface area contributed by atoms with Crippen molar-refractivity contribution in [1.82, 2.24) is 4.98 Å². The van der Waals surface area contributed by atoms with Crippen LogP contribution in [0.5, 0.6) is 5.75 Å². The van der Waals surface area contributed by atoms with E-state index >= 15 is 0 Å². The van der Waals surface area contributed by atoms with Gasteiger partial charge in [0.1, 0.15) is 11.3 Å². The first kappa shape index (κ1) is 23.3. The van der Waals surface area contributed by atoms with Crippen LogP contribution < -0.4 is 15.1 Å². The van der Waals surface area contributed by atoms with E-state index in [1.165, 1.54) is 24.2 Å². The number of aromatic nitrogens is 1. The molecule has 0 N–H and O–H groups in total. The predicted molar refractivity (Wildman–Crippen MR) is 139 cm³/mol. The summed E-state index contributed by atoms with van der Waals surface area (Å²) in [7, 11) is 0. The van der Waals surface area contributed by atoms with E-state index in [2.05, 4.69) is 11.9 Å². The monoisotopic (exact) mass is 488 g/mol. The lowest BCUT2D eigenvalue weighted by molar-refractivity contribution is 0.0971. The van der Waals surface area contributed by atoms with Crippen LogP contribution in [0.4, 0.5) is 5.13 Å². The van der Waals surface area contributed by atoms with Crippen molar-refractivity contribution in [1.29, 1.82) is 0 Å². The van der Waals surface area contributed by atoms with Gasteiger partial charge in [0.2, 0.25) is 5.76 Å². The number of carbonyl (C=O) groups is 1. The van der Waals surface area contributed by atoms with E-state index in [1.807, 2.05) is 55.6 Å². The highest BCUT2D eigenvalue weighted by Crippen LogP contribution is 2.42. The Hall–Kier alpha value is -3.45. The molecule has 35 heavy (non-hydrogen) atoms. The van der Waals surface area contributed by atoms with Gasteiger partial charge in [-0.05, 0) is 61.2 Å². The molecule has 0 spiro atoms. The minimum absolute atomic E-state index is 0.0854. The van der Waals surface area contributed by atoms with Gasteiger partial charge in [-0.2, -0.15) is 0 Å². The molecule has 4 aromatic rings. The fourth-order valence-electron chi connectivity index (χ4n) is 4.54. The molecule has 0 saturated carbocycles. The summed E-state index contributed by atoms with van der Waals surface area (Å²) < 4.78 is 12.0. The summed E-state index contributed by atoms with van der Waals surface area (Å²) in [5.74, 6) is 0.503. The molecule has 0 radical (unpaired) electrons. The van der Waals surface area contributed by atoms with Crippen molar-refractivity contribution >= 4 is 33.3 Å². The predicted octanol–water partition coefficient (Wildman–Crippen LogP) is 6.58. The zero-order valence-corrected chi connectivity index (χ0v) is 21.0. The van der Waals surface area contributed by atoms with E-state index in [0.29, 0.717) is 28.3 Å². The Kier molecular flexibility index (Phi) is 6.43. The minimum Gasteiger partial charge on any atom is -0.494 e. The van der Waals surface area contributed by atoms with Crippen molar-refractivity contribution in [2.45, 2.75) is 52.5 Å². The Morgan fingerprint density at radius 1 is 1.06 bits per heavy atom. The molecule has 180 valence electrons. The highest BCUT2D eigenvalue weighted by Gasteiger charge is 2.44. The summed E-state index contributed by atoms with van der Waals surface area (Å²) in [4.78, 5) is 33.2. The van der Waals surface area contributed by atoms with Crippen molar-refractivity contribution < 1.29 is 13.9 Å². The second-order valence-corrected chi connectivity index (χ2v) is 9.85. The number of aryl methyl sites for hydroxylation is 2. The molecule has 1 unspecified atom stereocenters. The van der Waals surface area contributed by atoms with Gasteiger partial charge in [-0.25, -0.2) is 4.98 Å². The molecule has 2 aromatic heterocycles. The van der Waals surface area contributed by atoms with Crippen LogP contribution in [0.1, 0.15) is 71.5 Å². The number of fused-ring (bicyclic) bond motifs is 2. The SMILES string of the molecule is CCCCCCOc1ccc(C2c3c(oc4cc(C)c(C)cc4c3=O)C(=O)N2c2nccs2)cc1. The molecule has 7 heteroatoms. The third-order valence-electron chi connectivity index (χ3n) is 6.57. The van der Waals surface area contributed by atoms with Crippen LogP contribution >= 0.6 is 11.3 Å². The van der Waals surface area contributed by atoms with Crippen LogP contribution in [-0.4, -0.2) is 17.5 Å². The zero-order chi connectivity index (χ0) is 24.5. The number of unbranched alkanes of at least 4 members (excludes halogenated alkanes) is 3. The maximum Gasteiger partial charge on any atom is 0.297 e. The van der Waals surface area contributed by atoms with Crippen LogP contribution in [0, 0.1) is 13.8 Å². The number of benzene rings is 2. The first-order chi connectivity index (χ1) is 17.0. The number of carbonyl (C=O) groups excluding carboxylic acids is 1. The lowest BCUT2D eigenvalue weighted by Crippen LogP contribution is -2.29. The van der Waals surface area contributed by atoms with Gasteiger partial charge in [0.25, 0.3) is 5.91 Å². The largest absolute Gasteiger partial charge is 0.494 e. The van der Waals surface area contributed by atoms with Crippen molar-refractivity contribution in [3.8, 4) is 5.75 Å². The average Bonchev–Trinajstić information content (AvgIpc) is 3.48. The highest BCUT2D eigenvalue weighted by molar-refractivity contribution is 7.13. The minimum atomic E-state index is -0.621. The van der Waals surface area contributed by atoms with E-state index in [-0.39, 0.29) is 17.1 Å². The number of ether oxygens (including phenoxy) is 1. The molecule has 2 aromatic carbocycles. The van der Waals surface area contributed by atoms with Gasteiger partial charge < -0.3 is 9.15 Å². The number of nitrogens with zero attached hydrogens (tertiary/aromatic N) is 2. The van der Waals surface area contributed by atoms with Gasteiger partial charge in [0.05, 0.1) is 23.6 Å². The first-order valence-electron chi connectivity index (χ1n) is 12.0. The average molecular weight is 489 g/mol.